The first-order valence-electron chi connectivity index (χ1n) is 5.41. The van der Waals surface area contributed by atoms with E-state index in [0.717, 1.165) is 6.07 Å². The zero-order valence-corrected chi connectivity index (χ0v) is 9.93. The molecule has 1 unspecified atom stereocenters. The lowest BCUT2D eigenvalue weighted by Gasteiger charge is -2.17. The molecule has 1 aromatic carbocycles. The third-order valence-corrected chi connectivity index (χ3v) is 2.87. The van der Waals surface area contributed by atoms with Crippen molar-refractivity contribution in [2.24, 2.45) is 0 Å². The van der Waals surface area contributed by atoms with Gasteiger partial charge in [-0.25, -0.2) is 13.2 Å². The van der Waals surface area contributed by atoms with Crippen LogP contribution in [0.15, 0.2) is 28.9 Å². The molecule has 0 radical (unpaired) electrons. The highest BCUT2D eigenvalue weighted by molar-refractivity contribution is 5.34. The summed E-state index contributed by atoms with van der Waals surface area (Å²) in [6, 6.07) is 3.21. The molecule has 2 rings (SSSR count). The smallest absolute Gasteiger partial charge is 0.194 e. The Morgan fingerprint density at radius 2 is 1.78 bits per heavy atom. The van der Waals surface area contributed by atoms with Crippen LogP contribution < -0.4 is 5.32 Å². The number of benzene rings is 1. The number of halogens is 3. The predicted molar refractivity (Wildman–Crippen MR) is 60.7 cm³/mol. The van der Waals surface area contributed by atoms with Crippen molar-refractivity contribution in [1.82, 2.24) is 5.32 Å². The minimum atomic E-state index is -1.46. The molecule has 18 heavy (non-hydrogen) atoms. The van der Waals surface area contributed by atoms with Crippen LogP contribution in [-0.4, -0.2) is 7.05 Å². The topological polar surface area (TPSA) is 25.2 Å². The second-order valence-corrected chi connectivity index (χ2v) is 3.92. The van der Waals surface area contributed by atoms with E-state index in [1.54, 1.807) is 20.0 Å². The molecule has 0 spiro atoms. The van der Waals surface area contributed by atoms with E-state index in [1.165, 1.54) is 12.3 Å². The highest BCUT2D eigenvalue weighted by Crippen LogP contribution is 2.28. The summed E-state index contributed by atoms with van der Waals surface area (Å²) in [6.45, 7) is 1.72. The van der Waals surface area contributed by atoms with Crippen molar-refractivity contribution in [3.8, 4) is 0 Å². The Balaban J connectivity index is 2.53. The van der Waals surface area contributed by atoms with E-state index in [0.29, 0.717) is 11.3 Å². The van der Waals surface area contributed by atoms with E-state index < -0.39 is 23.5 Å². The van der Waals surface area contributed by atoms with E-state index in [9.17, 15) is 13.2 Å². The van der Waals surface area contributed by atoms with Crippen LogP contribution in [0.25, 0.3) is 0 Å². The number of furan rings is 1. The summed E-state index contributed by atoms with van der Waals surface area (Å²) in [4.78, 5) is 0. The summed E-state index contributed by atoms with van der Waals surface area (Å²) in [5, 5.41) is 2.86. The van der Waals surface area contributed by atoms with Gasteiger partial charge >= 0.3 is 0 Å². The maximum absolute atomic E-state index is 13.7. The van der Waals surface area contributed by atoms with Gasteiger partial charge in [-0.1, -0.05) is 6.07 Å². The van der Waals surface area contributed by atoms with Crippen molar-refractivity contribution in [2.75, 3.05) is 7.05 Å². The van der Waals surface area contributed by atoms with E-state index >= 15 is 0 Å². The van der Waals surface area contributed by atoms with Gasteiger partial charge in [0.1, 0.15) is 5.76 Å². The Labute approximate surface area is 102 Å². The predicted octanol–water partition coefficient (Wildman–Crippen LogP) is 3.31. The fraction of sp³-hybridized carbons (Fsp3) is 0.231. The van der Waals surface area contributed by atoms with E-state index in [2.05, 4.69) is 5.32 Å². The van der Waals surface area contributed by atoms with Gasteiger partial charge in [0.05, 0.1) is 12.3 Å². The average molecular weight is 255 g/mol. The molecule has 0 bridgehead atoms. The summed E-state index contributed by atoms with van der Waals surface area (Å²) < 4.78 is 45.0. The number of nitrogens with one attached hydrogen (secondary N) is 1. The fourth-order valence-electron chi connectivity index (χ4n) is 1.94. The minimum absolute atomic E-state index is 0.0425. The SMILES string of the molecule is CNC(c1ccoc1C)c1ccc(F)c(F)c1F. The van der Waals surface area contributed by atoms with Crippen molar-refractivity contribution in [1.29, 1.82) is 0 Å². The third kappa shape index (κ3) is 2.01. The first-order chi connectivity index (χ1) is 8.56. The summed E-state index contributed by atoms with van der Waals surface area (Å²) >= 11 is 0. The third-order valence-electron chi connectivity index (χ3n) is 2.87. The molecule has 2 aromatic rings. The first-order valence-corrected chi connectivity index (χ1v) is 5.41. The number of aryl methyl sites for hydroxylation is 1. The van der Waals surface area contributed by atoms with Crippen LogP contribution in [0.5, 0.6) is 0 Å². The van der Waals surface area contributed by atoms with Gasteiger partial charge in [0.15, 0.2) is 17.5 Å². The maximum atomic E-state index is 13.7. The molecular formula is C13H12F3NO. The zero-order valence-electron chi connectivity index (χ0n) is 9.93. The normalized spacial score (nSPS) is 12.7. The van der Waals surface area contributed by atoms with Crippen molar-refractivity contribution in [3.05, 3.63) is 58.8 Å². The lowest BCUT2D eigenvalue weighted by atomic mass is 9.98. The molecule has 96 valence electrons. The van der Waals surface area contributed by atoms with E-state index in [-0.39, 0.29) is 5.56 Å². The lowest BCUT2D eigenvalue weighted by Crippen LogP contribution is -2.20. The Morgan fingerprint density at radius 1 is 1.06 bits per heavy atom. The Morgan fingerprint density at radius 3 is 2.33 bits per heavy atom. The second kappa shape index (κ2) is 4.86. The maximum Gasteiger partial charge on any atom is 0.194 e. The zero-order chi connectivity index (χ0) is 13.3. The molecular weight excluding hydrogens is 243 g/mol. The Bertz CT molecular complexity index is 565. The number of rotatable bonds is 3. The molecule has 1 aromatic heterocycles. The van der Waals surface area contributed by atoms with Crippen LogP contribution in [0.1, 0.15) is 22.9 Å². The van der Waals surface area contributed by atoms with Gasteiger partial charge in [-0.2, -0.15) is 0 Å². The lowest BCUT2D eigenvalue weighted by molar-refractivity contribution is 0.434. The summed E-state index contributed by atoms with van der Waals surface area (Å²) in [5.74, 6) is -3.25. The number of hydrogen-bond donors (Lipinski definition) is 1. The van der Waals surface area contributed by atoms with Gasteiger partial charge in [0.25, 0.3) is 0 Å². The minimum Gasteiger partial charge on any atom is -0.469 e. The number of hydrogen-bond acceptors (Lipinski definition) is 2. The van der Waals surface area contributed by atoms with Gasteiger partial charge < -0.3 is 9.73 Å². The van der Waals surface area contributed by atoms with Crippen molar-refractivity contribution in [2.45, 2.75) is 13.0 Å². The standard InChI is InChI=1S/C13H12F3NO/c1-7-8(5-6-18-7)13(17-2)9-3-4-10(14)12(16)11(9)15/h3-6,13,17H,1-2H3. The van der Waals surface area contributed by atoms with Gasteiger partial charge in [0, 0.05) is 11.1 Å². The molecule has 1 N–H and O–H groups in total. The summed E-state index contributed by atoms with van der Waals surface area (Å²) in [7, 11) is 1.61. The molecule has 1 heterocycles. The molecule has 0 aliphatic carbocycles. The van der Waals surface area contributed by atoms with Crippen LogP contribution >= 0.6 is 0 Å². The van der Waals surface area contributed by atoms with Crippen LogP contribution in [0.2, 0.25) is 0 Å². The van der Waals surface area contributed by atoms with Crippen LogP contribution in [0.4, 0.5) is 13.2 Å². The Hall–Kier alpha value is -1.75. The van der Waals surface area contributed by atoms with E-state index in [1.807, 2.05) is 0 Å². The van der Waals surface area contributed by atoms with Gasteiger partial charge in [-0.05, 0) is 26.1 Å². The van der Waals surface area contributed by atoms with E-state index in [4.69, 9.17) is 4.42 Å². The largest absolute Gasteiger partial charge is 0.469 e. The average Bonchev–Trinajstić information content (AvgIpc) is 2.77. The summed E-state index contributed by atoms with van der Waals surface area (Å²) in [5.41, 5.74) is 0.725. The molecule has 0 saturated carbocycles. The molecule has 0 amide bonds. The quantitative estimate of drug-likeness (QED) is 0.851. The molecule has 0 saturated heterocycles. The highest BCUT2D eigenvalue weighted by Gasteiger charge is 2.23. The van der Waals surface area contributed by atoms with Crippen molar-refractivity contribution >= 4 is 0 Å². The van der Waals surface area contributed by atoms with Gasteiger partial charge in [-0.15, -0.1) is 0 Å². The second-order valence-electron chi connectivity index (χ2n) is 3.92. The van der Waals surface area contributed by atoms with Crippen molar-refractivity contribution < 1.29 is 17.6 Å². The molecule has 5 heteroatoms. The van der Waals surface area contributed by atoms with Crippen LogP contribution in [0.3, 0.4) is 0 Å². The highest BCUT2D eigenvalue weighted by atomic mass is 19.2. The fourth-order valence-corrected chi connectivity index (χ4v) is 1.94. The molecule has 0 fully saturated rings. The van der Waals surface area contributed by atoms with Gasteiger partial charge in [-0.3, -0.25) is 0 Å². The molecule has 1 atom stereocenters. The first kappa shape index (κ1) is 12.7. The monoisotopic (exact) mass is 255 g/mol. The van der Waals surface area contributed by atoms with Crippen LogP contribution in [-0.2, 0) is 0 Å². The summed E-state index contributed by atoms with van der Waals surface area (Å²) in [6.07, 6.45) is 1.47. The Kier molecular flexibility index (Phi) is 3.43. The molecule has 0 aliphatic rings. The van der Waals surface area contributed by atoms with Crippen molar-refractivity contribution in [3.63, 3.8) is 0 Å². The van der Waals surface area contributed by atoms with Crippen LogP contribution in [0, 0.1) is 24.4 Å². The molecule has 0 aliphatic heterocycles. The molecule has 2 nitrogen and oxygen atoms in total. The van der Waals surface area contributed by atoms with Gasteiger partial charge in [0.2, 0.25) is 0 Å².